The Bertz CT molecular complexity index is 310. The van der Waals surface area contributed by atoms with Crippen molar-refractivity contribution in [1.82, 2.24) is 0 Å². The number of alkyl halides is 1. The Morgan fingerprint density at radius 3 is 1.12 bits per heavy atom. The first-order chi connectivity index (χ1) is 12.1. The van der Waals surface area contributed by atoms with E-state index in [4.69, 9.17) is 9.79 Å². The maximum absolute atomic E-state index is 10.5. The van der Waals surface area contributed by atoms with Gasteiger partial charge >= 0.3 is 7.82 Å². The van der Waals surface area contributed by atoms with E-state index in [1.165, 1.54) is 94.3 Å². The van der Waals surface area contributed by atoms with Crippen LogP contribution in [0.5, 0.6) is 0 Å². The maximum Gasteiger partial charge on any atom is 0.469 e. The molecule has 0 atom stereocenters. The summed E-state index contributed by atoms with van der Waals surface area (Å²) in [5, 5.41) is 0. The first-order valence-electron chi connectivity index (χ1n) is 10.3. The number of hydrogen-bond acceptors (Lipinski definition) is 2. The van der Waals surface area contributed by atoms with Gasteiger partial charge < -0.3 is 9.79 Å². The van der Waals surface area contributed by atoms with Crippen LogP contribution in [0, 0.1) is 0 Å². The molecule has 0 bridgehead atoms. The van der Waals surface area contributed by atoms with E-state index in [9.17, 15) is 4.57 Å². The van der Waals surface area contributed by atoms with Gasteiger partial charge in [0.1, 0.15) is 0 Å². The minimum Gasteiger partial charge on any atom is -0.303 e. The summed E-state index contributed by atoms with van der Waals surface area (Å²) in [6.07, 6.45) is 22.2. The minimum atomic E-state index is -4.26. The first kappa shape index (κ1) is 25.8. The minimum absolute atomic E-state index is 0.169. The molecule has 25 heavy (non-hydrogen) atoms. The number of halogens is 1. The Labute approximate surface area is 169 Å². The van der Waals surface area contributed by atoms with Crippen LogP contribution in [0.4, 0.5) is 0 Å². The third-order valence-corrected chi connectivity index (χ3v) is 5.82. The van der Waals surface area contributed by atoms with Crippen molar-refractivity contribution in [2.45, 2.75) is 109 Å². The van der Waals surface area contributed by atoms with Crippen LogP contribution in [0.3, 0.4) is 0 Å². The number of phosphoric acid groups is 1. The molecule has 0 saturated heterocycles. The first-order valence-corrected chi connectivity index (χ1v) is 13.4. The Morgan fingerprint density at radius 1 is 0.560 bits per heavy atom. The van der Waals surface area contributed by atoms with Gasteiger partial charge in [-0.1, -0.05) is 119 Å². The maximum atomic E-state index is 10.5. The van der Waals surface area contributed by atoms with Crippen LogP contribution >= 0.6 is 30.4 Å². The molecule has 0 radical (unpaired) electrons. The van der Waals surface area contributed by atoms with Gasteiger partial charge in [-0.3, -0.25) is 4.52 Å². The molecule has 6 heteroatoms. The number of rotatable bonds is 20. The fourth-order valence-corrected chi connectivity index (χ4v) is 3.94. The van der Waals surface area contributed by atoms with Gasteiger partial charge in [0.2, 0.25) is 0 Å². The molecule has 152 valence electrons. The molecule has 0 fully saturated rings. The standard InChI is InChI=1S/C19H40IO4P/c20-18-16-14-12-10-8-6-4-2-1-3-5-7-9-11-13-15-17-19-24-25(21,22)23/h1-19H2,(H2,21,22,23). The molecule has 0 aromatic carbocycles. The van der Waals surface area contributed by atoms with Crippen molar-refractivity contribution >= 4 is 30.4 Å². The van der Waals surface area contributed by atoms with Crippen molar-refractivity contribution in [3.05, 3.63) is 0 Å². The molecular formula is C19H40IO4P. The van der Waals surface area contributed by atoms with E-state index in [0.717, 1.165) is 19.3 Å². The van der Waals surface area contributed by atoms with E-state index in [-0.39, 0.29) is 6.61 Å². The molecule has 0 aromatic heterocycles. The Hall–Kier alpha value is 0.840. The van der Waals surface area contributed by atoms with Crippen molar-refractivity contribution in [3.8, 4) is 0 Å². The SMILES string of the molecule is O=P(O)(O)OCCCCCCCCCCCCCCCCCCCI. The van der Waals surface area contributed by atoms with Crippen LogP contribution < -0.4 is 0 Å². The van der Waals surface area contributed by atoms with Crippen LogP contribution in [0.15, 0.2) is 0 Å². The van der Waals surface area contributed by atoms with Crippen molar-refractivity contribution in [1.29, 1.82) is 0 Å². The van der Waals surface area contributed by atoms with E-state index in [2.05, 4.69) is 27.1 Å². The molecule has 0 rings (SSSR count). The van der Waals surface area contributed by atoms with Gasteiger partial charge in [-0.25, -0.2) is 4.57 Å². The highest BCUT2D eigenvalue weighted by Gasteiger charge is 2.12. The van der Waals surface area contributed by atoms with Crippen LogP contribution in [-0.4, -0.2) is 20.8 Å². The van der Waals surface area contributed by atoms with Gasteiger partial charge in [0, 0.05) is 0 Å². The fourth-order valence-electron chi connectivity index (χ4n) is 3.03. The topological polar surface area (TPSA) is 66.8 Å². The fraction of sp³-hybridized carbons (Fsp3) is 1.00. The molecule has 0 aliphatic carbocycles. The predicted octanol–water partition coefficient (Wildman–Crippen LogP) is 7.16. The summed E-state index contributed by atoms with van der Waals surface area (Å²) < 4.78 is 16.2. The molecule has 0 aliphatic rings. The second-order valence-electron chi connectivity index (χ2n) is 7.02. The summed E-state index contributed by atoms with van der Waals surface area (Å²) >= 11 is 2.47. The summed E-state index contributed by atoms with van der Waals surface area (Å²) in [5.74, 6) is 0. The Balaban J connectivity index is 3.02. The van der Waals surface area contributed by atoms with Crippen LogP contribution in [0.1, 0.15) is 109 Å². The van der Waals surface area contributed by atoms with Crippen molar-refractivity contribution < 1.29 is 18.9 Å². The molecule has 2 N–H and O–H groups in total. The number of hydrogen-bond donors (Lipinski definition) is 2. The molecule has 0 spiro atoms. The smallest absolute Gasteiger partial charge is 0.303 e. The Morgan fingerprint density at radius 2 is 0.840 bits per heavy atom. The highest BCUT2D eigenvalue weighted by atomic mass is 127. The van der Waals surface area contributed by atoms with Gasteiger partial charge in [0.05, 0.1) is 6.61 Å². The van der Waals surface area contributed by atoms with E-state index >= 15 is 0 Å². The summed E-state index contributed by atoms with van der Waals surface area (Å²) in [6.45, 7) is 0.169. The molecule has 0 aliphatic heterocycles. The molecule has 0 amide bonds. The lowest BCUT2D eigenvalue weighted by Crippen LogP contribution is -1.92. The molecule has 0 unspecified atom stereocenters. The third kappa shape index (κ3) is 24.8. The monoisotopic (exact) mass is 490 g/mol. The number of phosphoric ester groups is 1. The highest BCUT2D eigenvalue weighted by molar-refractivity contribution is 14.1. The molecule has 0 aromatic rings. The third-order valence-electron chi connectivity index (χ3n) is 4.54. The zero-order valence-corrected chi connectivity index (χ0v) is 19.0. The van der Waals surface area contributed by atoms with Crippen LogP contribution in [-0.2, 0) is 9.09 Å². The van der Waals surface area contributed by atoms with Gasteiger partial charge in [-0.15, -0.1) is 0 Å². The predicted molar refractivity (Wildman–Crippen MR) is 115 cm³/mol. The van der Waals surface area contributed by atoms with E-state index in [1.807, 2.05) is 0 Å². The largest absolute Gasteiger partial charge is 0.469 e. The van der Waals surface area contributed by atoms with Gasteiger partial charge in [-0.2, -0.15) is 0 Å². The lowest BCUT2D eigenvalue weighted by atomic mass is 10.0. The van der Waals surface area contributed by atoms with E-state index in [0.29, 0.717) is 0 Å². The molecular weight excluding hydrogens is 450 g/mol. The number of unbranched alkanes of at least 4 members (excludes halogenated alkanes) is 16. The summed E-state index contributed by atoms with van der Waals surface area (Å²) in [4.78, 5) is 17.1. The highest BCUT2D eigenvalue weighted by Crippen LogP contribution is 2.35. The summed E-state index contributed by atoms with van der Waals surface area (Å²) in [6, 6.07) is 0. The van der Waals surface area contributed by atoms with Gasteiger partial charge in [-0.05, 0) is 17.3 Å². The molecule has 0 heterocycles. The van der Waals surface area contributed by atoms with Crippen molar-refractivity contribution in [2.24, 2.45) is 0 Å². The molecule has 0 saturated carbocycles. The van der Waals surface area contributed by atoms with E-state index < -0.39 is 7.82 Å². The average Bonchev–Trinajstić information content (AvgIpc) is 2.56. The zero-order chi connectivity index (χ0) is 18.6. The lowest BCUT2D eigenvalue weighted by Gasteiger charge is -2.05. The lowest BCUT2D eigenvalue weighted by molar-refractivity contribution is 0.193. The van der Waals surface area contributed by atoms with Gasteiger partial charge in [0.25, 0.3) is 0 Å². The van der Waals surface area contributed by atoms with E-state index in [1.54, 1.807) is 0 Å². The normalized spacial score (nSPS) is 12.0. The Kier molecular flexibility index (Phi) is 20.3. The summed E-state index contributed by atoms with van der Waals surface area (Å²) in [5.41, 5.74) is 0. The zero-order valence-electron chi connectivity index (χ0n) is 16.0. The average molecular weight is 490 g/mol. The van der Waals surface area contributed by atoms with Gasteiger partial charge in [0.15, 0.2) is 0 Å². The summed E-state index contributed by atoms with van der Waals surface area (Å²) in [7, 11) is -4.26. The van der Waals surface area contributed by atoms with Crippen LogP contribution in [0.25, 0.3) is 0 Å². The second-order valence-corrected chi connectivity index (χ2v) is 9.34. The van der Waals surface area contributed by atoms with Crippen molar-refractivity contribution in [3.63, 3.8) is 0 Å². The second kappa shape index (κ2) is 19.6. The van der Waals surface area contributed by atoms with Crippen molar-refractivity contribution in [2.75, 3.05) is 11.0 Å². The van der Waals surface area contributed by atoms with Crippen LogP contribution in [0.2, 0.25) is 0 Å². The quantitative estimate of drug-likeness (QED) is 0.0823. The molecule has 4 nitrogen and oxygen atoms in total.